The van der Waals surface area contributed by atoms with Crippen LogP contribution in [0.2, 0.25) is 0 Å². The van der Waals surface area contributed by atoms with Gasteiger partial charge in [0.25, 0.3) is 6.43 Å². The highest BCUT2D eigenvalue weighted by atomic mass is 35.5. The van der Waals surface area contributed by atoms with Crippen molar-refractivity contribution in [2.45, 2.75) is 25.0 Å². The zero-order chi connectivity index (χ0) is 9.94. The van der Waals surface area contributed by atoms with E-state index >= 15 is 0 Å². The van der Waals surface area contributed by atoms with Gasteiger partial charge in [0.15, 0.2) is 0 Å². The van der Waals surface area contributed by atoms with Crippen molar-refractivity contribution in [1.82, 2.24) is 0 Å². The second-order valence-electron chi connectivity index (χ2n) is 2.53. The van der Waals surface area contributed by atoms with E-state index in [9.17, 15) is 13.6 Å². The number of rotatable bonds is 3. The molecule has 0 saturated carbocycles. The molecule has 80 valence electrons. The number of carbonyl (C=O) groups excluding carboxylic acids is 1. The van der Waals surface area contributed by atoms with Crippen LogP contribution in [0.1, 0.15) is 6.92 Å². The van der Waals surface area contributed by atoms with Crippen LogP contribution in [0.15, 0.2) is 0 Å². The zero-order valence-electron chi connectivity index (χ0n) is 7.16. The van der Waals surface area contributed by atoms with Gasteiger partial charge < -0.3 is 15.6 Å². The molecule has 0 aliphatic heterocycles. The molecule has 4 nitrogen and oxygen atoms in total. The van der Waals surface area contributed by atoms with Gasteiger partial charge in [-0.3, -0.25) is 4.79 Å². The lowest BCUT2D eigenvalue weighted by molar-refractivity contribution is -0.158. The van der Waals surface area contributed by atoms with Crippen molar-refractivity contribution in [3.63, 3.8) is 0 Å². The van der Waals surface area contributed by atoms with Crippen molar-refractivity contribution in [3.05, 3.63) is 0 Å². The first-order chi connectivity index (χ1) is 5.34. The van der Waals surface area contributed by atoms with Gasteiger partial charge in [-0.15, -0.1) is 12.4 Å². The highest BCUT2D eigenvalue weighted by Gasteiger charge is 2.43. The summed E-state index contributed by atoms with van der Waals surface area (Å²) in [4.78, 5) is 10.6. The maximum Gasteiger partial charge on any atom is 0.325 e. The monoisotopic (exact) mass is 219 g/mol. The van der Waals surface area contributed by atoms with Gasteiger partial charge in [-0.25, -0.2) is 8.78 Å². The molecule has 0 spiro atoms. The molecule has 0 unspecified atom stereocenters. The van der Waals surface area contributed by atoms with Crippen molar-refractivity contribution in [2.24, 2.45) is 5.73 Å². The Morgan fingerprint density at radius 3 is 2.23 bits per heavy atom. The minimum atomic E-state index is -3.09. The van der Waals surface area contributed by atoms with Crippen molar-refractivity contribution < 1.29 is 23.4 Å². The summed E-state index contributed by atoms with van der Waals surface area (Å²) in [6.45, 7) is 0.777. The molecule has 7 heteroatoms. The minimum absolute atomic E-state index is 0. The predicted octanol–water partition coefficient (Wildman–Crippen LogP) is -0.0754. The number of ether oxygens (including phenoxy) is 1. The van der Waals surface area contributed by atoms with Crippen LogP contribution in [0.3, 0.4) is 0 Å². The number of hydrogen-bond donors (Lipinski definition) is 2. The highest BCUT2D eigenvalue weighted by Crippen LogP contribution is 2.18. The van der Waals surface area contributed by atoms with Gasteiger partial charge in [0, 0.05) is 0 Å². The number of alkyl halides is 2. The van der Waals surface area contributed by atoms with Gasteiger partial charge in [0.1, 0.15) is 11.6 Å². The molecule has 0 bridgehead atoms. The molecule has 3 N–H and O–H groups in total. The van der Waals surface area contributed by atoms with Crippen LogP contribution in [0.25, 0.3) is 0 Å². The number of aliphatic hydroxyl groups is 1. The average Bonchev–Trinajstić information content (AvgIpc) is 2.01. The summed E-state index contributed by atoms with van der Waals surface area (Å²) in [5.41, 5.74) is 2.45. The first kappa shape index (κ1) is 15.0. The van der Waals surface area contributed by atoms with Gasteiger partial charge >= 0.3 is 5.97 Å². The Kier molecular flexibility index (Phi) is 6.14. The third-order valence-corrected chi connectivity index (χ3v) is 1.53. The van der Waals surface area contributed by atoms with E-state index in [0.717, 1.165) is 14.0 Å². The van der Waals surface area contributed by atoms with E-state index in [4.69, 9.17) is 10.8 Å². The highest BCUT2D eigenvalue weighted by molar-refractivity contribution is 5.85. The maximum absolute atomic E-state index is 12.0. The molecule has 0 aliphatic carbocycles. The van der Waals surface area contributed by atoms with E-state index in [1.54, 1.807) is 0 Å². The summed E-state index contributed by atoms with van der Waals surface area (Å²) in [6.07, 6.45) is -3.09. The lowest BCUT2D eigenvalue weighted by Crippen LogP contribution is -2.55. The molecule has 0 saturated heterocycles. The molecule has 0 aromatic carbocycles. The Hall–Kier alpha value is -0.460. The fourth-order valence-corrected chi connectivity index (χ4v) is 0.501. The molecule has 0 aromatic heterocycles. The number of carbonyl (C=O) groups is 1. The Bertz CT molecular complexity index is 177. The van der Waals surface area contributed by atoms with Gasteiger partial charge in [-0.05, 0) is 6.92 Å². The Balaban J connectivity index is 0. The second-order valence-corrected chi connectivity index (χ2v) is 2.53. The topological polar surface area (TPSA) is 72.5 Å². The van der Waals surface area contributed by atoms with Crippen molar-refractivity contribution in [2.75, 3.05) is 7.11 Å². The van der Waals surface area contributed by atoms with Gasteiger partial charge in [0.2, 0.25) is 0 Å². The van der Waals surface area contributed by atoms with E-state index in [0.29, 0.717) is 0 Å². The molecule has 0 fully saturated rings. The average molecular weight is 220 g/mol. The molecular formula is C6H12ClF2NO3. The van der Waals surface area contributed by atoms with Crippen LogP contribution in [-0.4, -0.2) is 36.3 Å². The Labute approximate surface area is 80.5 Å². The van der Waals surface area contributed by atoms with Crippen molar-refractivity contribution in [1.29, 1.82) is 0 Å². The lowest BCUT2D eigenvalue weighted by atomic mass is 9.98. The number of esters is 1. The first-order valence-corrected chi connectivity index (χ1v) is 3.18. The fourth-order valence-electron chi connectivity index (χ4n) is 0.501. The Morgan fingerprint density at radius 1 is 1.62 bits per heavy atom. The van der Waals surface area contributed by atoms with Crippen molar-refractivity contribution >= 4 is 18.4 Å². The zero-order valence-corrected chi connectivity index (χ0v) is 7.98. The molecule has 2 atom stereocenters. The molecule has 0 aromatic rings. The van der Waals surface area contributed by atoms with Crippen molar-refractivity contribution in [3.8, 4) is 0 Å². The van der Waals surface area contributed by atoms with E-state index < -0.39 is 24.0 Å². The first-order valence-electron chi connectivity index (χ1n) is 3.18. The fraction of sp³-hybridized carbons (Fsp3) is 0.833. The Morgan fingerprint density at radius 2 is 2.00 bits per heavy atom. The van der Waals surface area contributed by atoms with E-state index in [2.05, 4.69) is 4.74 Å². The van der Waals surface area contributed by atoms with E-state index in [1.807, 2.05) is 0 Å². The minimum Gasteiger partial charge on any atom is -0.468 e. The summed E-state index contributed by atoms with van der Waals surface area (Å²) in [6, 6.07) is -1.73. The summed E-state index contributed by atoms with van der Waals surface area (Å²) >= 11 is 0. The largest absolute Gasteiger partial charge is 0.468 e. The second kappa shape index (κ2) is 5.31. The van der Waals surface area contributed by atoms with Crippen LogP contribution in [-0.2, 0) is 9.53 Å². The number of methoxy groups -OCH3 is 1. The molecule has 13 heavy (non-hydrogen) atoms. The van der Waals surface area contributed by atoms with Gasteiger partial charge in [-0.2, -0.15) is 0 Å². The summed E-state index contributed by atoms with van der Waals surface area (Å²) in [5, 5.41) is 8.99. The molecule has 0 aliphatic rings. The maximum atomic E-state index is 12.0. The standard InChI is InChI=1S/C6H11F2NO3.ClH/c1-6(11,5(7)8)3(9)4(10)12-2;/h3,5,11H,9H2,1-2H3;1H/t3-,6-;/m0./s1. The molecular weight excluding hydrogens is 208 g/mol. The van der Waals surface area contributed by atoms with Gasteiger partial charge in [0.05, 0.1) is 7.11 Å². The lowest BCUT2D eigenvalue weighted by Gasteiger charge is -2.26. The molecule has 0 amide bonds. The third kappa shape index (κ3) is 3.41. The molecule has 0 rings (SSSR count). The summed E-state index contributed by atoms with van der Waals surface area (Å²) < 4.78 is 28.1. The van der Waals surface area contributed by atoms with Crippen LogP contribution in [0, 0.1) is 0 Å². The molecule has 0 radical (unpaired) electrons. The summed E-state index contributed by atoms with van der Waals surface area (Å²) in [5.74, 6) is -1.07. The number of nitrogens with two attached hydrogens (primary N) is 1. The SMILES string of the molecule is COC(=O)[C@H](N)[C@](C)(O)C(F)F.Cl. The van der Waals surface area contributed by atoms with Crippen LogP contribution in [0.5, 0.6) is 0 Å². The van der Waals surface area contributed by atoms with Crippen LogP contribution < -0.4 is 5.73 Å². The summed E-state index contributed by atoms with van der Waals surface area (Å²) in [7, 11) is 1.00. The third-order valence-electron chi connectivity index (χ3n) is 1.53. The van der Waals surface area contributed by atoms with Crippen LogP contribution >= 0.6 is 12.4 Å². The smallest absolute Gasteiger partial charge is 0.325 e. The van der Waals surface area contributed by atoms with Gasteiger partial charge in [-0.1, -0.05) is 0 Å². The normalized spacial score (nSPS) is 17.2. The van der Waals surface area contributed by atoms with Crippen LogP contribution in [0.4, 0.5) is 8.78 Å². The number of hydrogen-bond acceptors (Lipinski definition) is 4. The predicted molar refractivity (Wildman–Crippen MR) is 43.9 cm³/mol. The number of halogens is 3. The van der Waals surface area contributed by atoms with E-state index in [1.165, 1.54) is 0 Å². The quantitative estimate of drug-likeness (QED) is 0.652. The van der Waals surface area contributed by atoms with E-state index in [-0.39, 0.29) is 12.4 Å². The molecule has 0 heterocycles.